The maximum atomic E-state index is 5.61. The molecule has 2 N–H and O–H groups in total. The van der Waals surface area contributed by atoms with Crippen LogP contribution in [0, 0.1) is 17.8 Å². The summed E-state index contributed by atoms with van der Waals surface area (Å²) in [5, 5.41) is 0. The van der Waals surface area contributed by atoms with E-state index < -0.39 is 0 Å². The largest absolute Gasteiger partial charge is 0.330 e. The number of nitrogens with zero attached hydrogens (tertiary/aromatic N) is 2. The molecule has 0 saturated heterocycles. The maximum absolute atomic E-state index is 5.61. The normalized spacial score (nSPS) is 38.4. The van der Waals surface area contributed by atoms with Gasteiger partial charge in [0.05, 0.1) is 5.69 Å². The molecule has 0 atom stereocenters. The van der Waals surface area contributed by atoms with Gasteiger partial charge in [0, 0.05) is 18.0 Å². The molecule has 1 aromatic rings. The molecular formula is C17H25N3. The third-order valence-electron chi connectivity index (χ3n) is 5.89. The minimum atomic E-state index is 0.398. The summed E-state index contributed by atoms with van der Waals surface area (Å²) < 4.78 is 0. The standard InChI is InChI=1S/C17H25N3/c18-4-1-2-16-19-5-3-15(20-16)17-9-12-6-13(10-17)8-14(7-12)11-17/h3,5,12-14H,1-2,4,6-11,18H2. The van der Waals surface area contributed by atoms with Crippen LogP contribution in [0.3, 0.4) is 0 Å². The highest BCUT2D eigenvalue weighted by atomic mass is 14.9. The number of nitrogens with two attached hydrogens (primary N) is 1. The fraction of sp³-hybridized carbons (Fsp3) is 0.765. The van der Waals surface area contributed by atoms with E-state index in [2.05, 4.69) is 11.1 Å². The lowest BCUT2D eigenvalue weighted by atomic mass is 9.49. The second kappa shape index (κ2) is 4.80. The van der Waals surface area contributed by atoms with Gasteiger partial charge in [0.2, 0.25) is 0 Å². The van der Waals surface area contributed by atoms with Crippen LogP contribution in [0.4, 0.5) is 0 Å². The quantitative estimate of drug-likeness (QED) is 0.916. The molecule has 0 spiro atoms. The number of aromatic nitrogens is 2. The first-order valence-electron chi connectivity index (χ1n) is 8.30. The van der Waals surface area contributed by atoms with Crippen LogP contribution in [0.1, 0.15) is 56.5 Å². The average molecular weight is 271 g/mol. The lowest BCUT2D eigenvalue weighted by Gasteiger charge is -2.56. The molecule has 20 heavy (non-hydrogen) atoms. The zero-order valence-electron chi connectivity index (χ0n) is 12.2. The molecule has 0 aromatic carbocycles. The van der Waals surface area contributed by atoms with Gasteiger partial charge in [0.25, 0.3) is 0 Å². The summed E-state index contributed by atoms with van der Waals surface area (Å²) in [5.74, 6) is 3.93. The van der Waals surface area contributed by atoms with Crippen molar-refractivity contribution < 1.29 is 0 Å². The summed E-state index contributed by atoms with van der Waals surface area (Å²) in [6, 6.07) is 2.19. The molecule has 0 radical (unpaired) electrons. The van der Waals surface area contributed by atoms with E-state index in [9.17, 15) is 0 Å². The lowest BCUT2D eigenvalue weighted by Crippen LogP contribution is -2.49. The van der Waals surface area contributed by atoms with Crippen molar-refractivity contribution >= 4 is 0 Å². The highest BCUT2D eigenvalue weighted by Crippen LogP contribution is 2.60. The highest BCUT2D eigenvalue weighted by molar-refractivity contribution is 5.22. The van der Waals surface area contributed by atoms with Gasteiger partial charge in [-0.05, 0) is 75.3 Å². The summed E-state index contributed by atoms with van der Waals surface area (Å²) in [7, 11) is 0. The van der Waals surface area contributed by atoms with Crippen LogP contribution >= 0.6 is 0 Å². The number of hydrogen-bond acceptors (Lipinski definition) is 3. The summed E-state index contributed by atoms with van der Waals surface area (Å²) in [5.41, 5.74) is 7.35. The minimum absolute atomic E-state index is 0.398. The van der Waals surface area contributed by atoms with Crippen LogP contribution < -0.4 is 5.73 Å². The third-order valence-corrected chi connectivity index (χ3v) is 5.89. The van der Waals surface area contributed by atoms with Gasteiger partial charge >= 0.3 is 0 Å². The van der Waals surface area contributed by atoms with Crippen molar-refractivity contribution in [3.8, 4) is 0 Å². The third kappa shape index (κ3) is 2.07. The van der Waals surface area contributed by atoms with Gasteiger partial charge in [0.1, 0.15) is 5.82 Å². The minimum Gasteiger partial charge on any atom is -0.330 e. The Morgan fingerprint density at radius 2 is 1.75 bits per heavy atom. The number of hydrogen-bond donors (Lipinski definition) is 1. The van der Waals surface area contributed by atoms with Gasteiger partial charge in [0.15, 0.2) is 0 Å². The molecule has 4 aliphatic carbocycles. The summed E-state index contributed by atoms with van der Waals surface area (Å²) in [6.45, 7) is 0.727. The second-order valence-electron chi connectivity index (χ2n) is 7.45. The Morgan fingerprint density at radius 1 is 1.10 bits per heavy atom. The number of aryl methyl sites for hydroxylation is 1. The van der Waals surface area contributed by atoms with Gasteiger partial charge in [-0.2, -0.15) is 0 Å². The van der Waals surface area contributed by atoms with Crippen molar-refractivity contribution in [1.82, 2.24) is 9.97 Å². The lowest BCUT2D eigenvalue weighted by molar-refractivity contribution is -0.00736. The van der Waals surface area contributed by atoms with Gasteiger partial charge in [-0.15, -0.1) is 0 Å². The van der Waals surface area contributed by atoms with Gasteiger partial charge < -0.3 is 5.73 Å². The van der Waals surface area contributed by atoms with E-state index in [1.54, 1.807) is 0 Å². The van der Waals surface area contributed by atoms with Gasteiger partial charge in [-0.25, -0.2) is 9.97 Å². The Labute approximate surface area is 121 Å². The first kappa shape index (κ1) is 12.8. The van der Waals surface area contributed by atoms with Gasteiger partial charge in [-0.1, -0.05) is 0 Å². The smallest absolute Gasteiger partial charge is 0.128 e. The molecule has 3 nitrogen and oxygen atoms in total. The van der Waals surface area contributed by atoms with Crippen LogP contribution in [-0.2, 0) is 11.8 Å². The van der Waals surface area contributed by atoms with E-state index in [-0.39, 0.29) is 0 Å². The molecule has 4 aliphatic rings. The van der Waals surface area contributed by atoms with Gasteiger partial charge in [-0.3, -0.25) is 0 Å². The average Bonchev–Trinajstić information content (AvgIpc) is 2.44. The second-order valence-corrected chi connectivity index (χ2v) is 7.45. The summed E-state index contributed by atoms with van der Waals surface area (Å²) in [6.07, 6.45) is 12.5. The van der Waals surface area contributed by atoms with Crippen LogP contribution in [0.15, 0.2) is 12.3 Å². The maximum Gasteiger partial charge on any atom is 0.128 e. The molecule has 5 rings (SSSR count). The molecule has 0 unspecified atom stereocenters. The first-order chi connectivity index (χ1) is 9.77. The highest BCUT2D eigenvalue weighted by Gasteiger charge is 2.52. The zero-order valence-corrected chi connectivity index (χ0v) is 12.2. The molecule has 108 valence electrons. The van der Waals surface area contributed by atoms with Crippen molar-refractivity contribution in [3.63, 3.8) is 0 Å². The number of rotatable bonds is 4. The molecule has 0 aliphatic heterocycles. The zero-order chi connectivity index (χ0) is 13.6. The van der Waals surface area contributed by atoms with E-state index in [0.29, 0.717) is 5.41 Å². The Hall–Kier alpha value is -0.960. The van der Waals surface area contributed by atoms with E-state index in [0.717, 1.165) is 43.0 Å². The van der Waals surface area contributed by atoms with E-state index in [1.807, 2.05) is 6.20 Å². The molecule has 4 bridgehead atoms. The monoisotopic (exact) mass is 271 g/mol. The SMILES string of the molecule is NCCCc1nccc(C23CC4CC(CC(C4)C2)C3)n1. The molecule has 4 saturated carbocycles. The van der Waals surface area contributed by atoms with Crippen LogP contribution in [0.25, 0.3) is 0 Å². The first-order valence-corrected chi connectivity index (χ1v) is 8.30. The predicted octanol–water partition coefficient (Wildman–Crippen LogP) is 2.84. The Morgan fingerprint density at radius 3 is 2.35 bits per heavy atom. The summed E-state index contributed by atoms with van der Waals surface area (Å²) >= 11 is 0. The van der Waals surface area contributed by atoms with Crippen molar-refractivity contribution in [2.75, 3.05) is 6.54 Å². The van der Waals surface area contributed by atoms with Crippen LogP contribution in [-0.4, -0.2) is 16.5 Å². The Kier molecular flexibility index (Phi) is 3.06. The Balaban J connectivity index is 1.63. The van der Waals surface area contributed by atoms with Crippen molar-refractivity contribution in [2.45, 2.75) is 56.8 Å². The fourth-order valence-electron chi connectivity index (χ4n) is 5.50. The topological polar surface area (TPSA) is 51.8 Å². The van der Waals surface area contributed by atoms with E-state index in [1.165, 1.54) is 44.2 Å². The molecule has 1 heterocycles. The van der Waals surface area contributed by atoms with Crippen LogP contribution in [0.5, 0.6) is 0 Å². The fourth-order valence-corrected chi connectivity index (χ4v) is 5.50. The summed E-state index contributed by atoms with van der Waals surface area (Å²) in [4.78, 5) is 9.37. The molecule has 0 amide bonds. The molecule has 3 heteroatoms. The Bertz CT molecular complexity index is 461. The molecule has 4 fully saturated rings. The predicted molar refractivity (Wildman–Crippen MR) is 79.3 cm³/mol. The van der Waals surface area contributed by atoms with Crippen molar-refractivity contribution in [1.29, 1.82) is 0 Å². The van der Waals surface area contributed by atoms with E-state index in [4.69, 9.17) is 10.7 Å². The molecule has 1 aromatic heterocycles. The van der Waals surface area contributed by atoms with Crippen molar-refractivity contribution in [3.05, 3.63) is 23.8 Å². The molecular weight excluding hydrogens is 246 g/mol. The van der Waals surface area contributed by atoms with Crippen LogP contribution in [0.2, 0.25) is 0 Å². The van der Waals surface area contributed by atoms with Crippen molar-refractivity contribution in [2.24, 2.45) is 23.5 Å². The van der Waals surface area contributed by atoms with E-state index >= 15 is 0 Å².